The van der Waals surface area contributed by atoms with E-state index in [9.17, 15) is 9.59 Å². The quantitative estimate of drug-likeness (QED) is 0.726. The number of amides is 1. The highest BCUT2D eigenvalue weighted by Crippen LogP contribution is 2.20. The van der Waals surface area contributed by atoms with Crippen LogP contribution in [-0.2, 0) is 9.59 Å². The van der Waals surface area contributed by atoms with Gasteiger partial charge >= 0.3 is 5.97 Å². The van der Waals surface area contributed by atoms with E-state index in [1.54, 1.807) is 24.3 Å². The van der Waals surface area contributed by atoms with Crippen LogP contribution < -0.4 is 11.1 Å². The van der Waals surface area contributed by atoms with Gasteiger partial charge in [0.15, 0.2) is 0 Å². The van der Waals surface area contributed by atoms with Gasteiger partial charge in [0.05, 0.1) is 0 Å². The van der Waals surface area contributed by atoms with E-state index in [0.717, 1.165) is 11.6 Å². The standard InChI is InChI=1S/C16H22N2O3/c1-16(2,3)13(17)10-14(19)18-12-7-4-11(5-8-12)6-9-15(20)21/h4-9,13H,10,17H2,1-3H3,(H,18,19)(H,20,21)/b9-6+. The van der Waals surface area contributed by atoms with Gasteiger partial charge in [0, 0.05) is 24.2 Å². The van der Waals surface area contributed by atoms with Crippen molar-refractivity contribution < 1.29 is 14.7 Å². The molecule has 0 saturated heterocycles. The molecule has 114 valence electrons. The summed E-state index contributed by atoms with van der Waals surface area (Å²) in [7, 11) is 0. The minimum absolute atomic E-state index is 0.122. The average Bonchev–Trinajstić information content (AvgIpc) is 2.36. The van der Waals surface area contributed by atoms with Gasteiger partial charge in [-0.2, -0.15) is 0 Å². The number of nitrogens with two attached hydrogens (primary N) is 1. The van der Waals surface area contributed by atoms with E-state index < -0.39 is 5.97 Å². The van der Waals surface area contributed by atoms with Crippen molar-refractivity contribution >= 4 is 23.6 Å². The average molecular weight is 290 g/mol. The third-order valence-electron chi connectivity index (χ3n) is 3.13. The summed E-state index contributed by atoms with van der Waals surface area (Å²) in [6.45, 7) is 5.98. The number of anilines is 1. The van der Waals surface area contributed by atoms with Crippen molar-refractivity contribution in [3.8, 4) is 0 Å². The molecule has 5 nitrogen and oxygen atoms in total. The zero-order chi connectivity index (χ0) is 16.0. The zero-order valence-electron chi connectivity index (χ0n) is 12.6. The Morgan fingerprint density at radius 2 is 1.86 bits per heavy atom. The van der Waals surface area contributed by atoms with Crippen LogP contribution in [-0.4, -0.2) is 23.0 Å². The lowest BCUT2D eigenvalue weighted by molar-refractivity contribution is -0.131. The molecule has 1 aromatic carbocycles. The smallest absolute Gasteiger partial charge is 0.328 e. The van der Waals surface area contributed by atoms with Gasteiger partial charge in [-0.3, -0.25) is 4.79 Å². The number of nitrogens with one attached hydrogen (secondary N) is 1. The second-order valence-corrected chi connectivity index (χ2v) is 6.02. The molecule has 0 aliphatic heterocycles. The molecule has 0 spiro atoms. The van der Waals surface area contributed by atoms with E-state index >= 15 is 0 Å². The van der Waals surface area contributed by atoms with E-state index in [4.69, 9.17) is 10.8 Å². The van der Waals surface area contributed by atoms with Gasteiger partial charge in [0.1, 0.15) is 0 Å². The molecule has 1 amide bonds. The van der Waals surface area contributed by atoms with Crippen molar-refractivity contribution in [2.24, 2.45) is 11.1 Å². The van der Waals surface area contributed by atoms with Gasteiger partial charge in [0.25, 0.3) is 0 Å². The first-order valence-electron chi connectivity index (χ1n) is 6.75. The molecule has 1 atom stereocenters. The lowest BCUT2D eigenvalue weighted by Gasteiger charge is -2.26. The number of carbonyl (C=O) groups excluding carboxylic acids is 1. The molecule has 0 fully saturated rings. The van der Waals surface area contributed by atoms with Crippen LogP contribution in [0.1, 0.15) is 32.8 Å². The fourth-order valence-corrected chi connectivity index (χ4v) is 1.56. The lowest BCUT2D eigenvalue weighted by atomic mass is 9.85. The highest BCUT2D eigenvalue weighted by atomic mass is 16.4. The first-order chi connectivity index (χ1) is 9.68. The van der Waals surface area contributed by atoms with Gasteiger partial charge in [-0.25, -0.2) is 4.79 Å². The number of rotatable bonds is 5. The topological polar surface area (TPSA) is 92.4 Å². The molecule has 1 rings (SSSR count). The minimum Gasteiger partial charge on any atom is -0.478 e. The molecular formula is C16H22N2O3. The fraction of sp³-hybridized carbons (Fsp3) is 0.375. The molecule has 0 bridgehead atoms. The summed E-state index contributed by atoms with van der Waals surface area (Å²) in [4.78, 5) is 22.3. The third kappa shape index (κ3) is 6.23. The van der Waals surface area contributed by atoms with Crippen LogP contribution in [0.2, 0.25) is 0 Å². The molecule has 1 aromatic rings. The van der Waals surface area contributed by atoms with Crippen LogP contribution in [0.15, 0.2) is 30.3 Å². The molecule has 0 aliphatic rings. The highest BCUT2D eigenvalue weighted by Gasteiger charge is 2.23. The summed E-state index contributed by atoms with van der Waals surface area (Å²) < 4.78 is 0. The number of aliphatic carboxylic acids is 1. The predicted molar refractivity (Wildman–Crippen MR) is 83.8 cm³/mol. The maximum absolute atomic E-state index is 11.9. The Balaban J connectivity index is 2.60. The highest BCUT2D eigenvalue weighted by molar-refractivity contribution is 5.91. The summed E-state index contributed by atoms with van der Waals surface area (Å²) in [5.41, 5.74) is 7.26. The number of carbonyl (C=O) groups is 2. The Morgan fingerprint density at radius 3 is 2.33 bits per heavy atom. The van der Waals surface area contributed by atoms with E-state index in [0.29, 0.717) is 5.69 Å². The first-order valence-corrected chi connectivity index (χ1v) is 6.75. The Hall–Kier alpha value is -2.14. The van der Waals surface area contributed by atoms with Gasteiger partial charge in [-0.1, -0.05) is 32.9 Å². The Labute approximate surface area is 124 Å². The summed E-state index contributed by atoms with van der Waals surface area (Å²) in [5, 5.41) is 11.3. The summed E-state index contributed by atoms with van der Waals surface area (Å²) in [6, 6.07) is 6.71. The second kappa shape index (κ2) is 7.04. The second-order valence-electron chi connectivity index (χ2n) is 6.02. The van der Waals surface area contributed by atoms with Crippen molar-refractivity contribution in [3.05, 3.63) is 35.9 Å². The predicted octanol–water partition coefficient (Wildman–Crippen LogP) is 2.49. The summed E-state index contributed by atoms with van der Waals surface area (Å²) in [5.74, 6) is -1.13. The third-order valence-corrected chi connectivity index (χ3v) is 3.13. The summed E-state index contributed by atoms with van der Waals surface area (Å²) in [6.07, 6.45) is 2.81. The summed E-state index contributed by atoms with van der Waals surface area (Å²) >= 11 is 0. The van der Waals surface area contributed by atoms with Crippen LogP contribution in [0.5, 0.6) is 0 Å². The Bertz CT molecular complexity index is 527. The Kier molecular flexibility index (Phi) is 5.67. The number of hydrogen-bond donors (Lipinski definition) is 3. The van der Waals surface area contributed by atoms with Crippen LogP contribution in [0.3, 0.4) is 0 Å². The molecule has 21 heavy (non-hydrogen) atoms. The van der Waals surface area contributed by atoms with E-state index in [2.05, 4.69) is 5.32 Å². The van der Waals surface area contributed by atoms with Crippen molar-refractivity contribution in [3.63, 3.8) is 0 Å². The fourth-order valence-electron chi connectivity index (χ4n) is 1.56. The van der Waals surface area contributed by atoms with Gasteiger partial charge in [0.2, 0.25) is 5.91 Å². The molecular weight excluding hydrogens is 268 g/mol. The number of benzene rings is 1. The monoisotopic (exact) mass is 290 g/mol. The molecule has 0 radical (unpaired) electrons. The maximum atomic E-state index is 11.9. The van der Waals surface area contributed by atoms with Gasteiger partial charge < -0.3 is 16.2 Å². The van der Waals surface area contributed by atoms with E-state index in [-0.39, 0.29) is 23.8 Å². The SMILES string of the molecule is CC(C)(C)C(N)CC(=O)Nc1ccc(/C=C/C(=O)O)cc1. The van der Waals surface area contributed by atoms with Crippen molar-refractivity contribution in [2.75, 3.05) is 5.32 Å². The number of hydrogen-bond acceptors (Lipinski definition) is 3. The molecule has 0 aliphatic carbocycles. The van der Waals surface area contributed by atoms with Crippen molar-refractivity contribution in [1.82, 2.24) is 0 Å². The van der Waals surface area contributed by atoms with Crippen LogP contribution >= 0.6 is 0 Å². The lowest BCUT2D eigenvalue weighted by Crippen LogP contribution is -2.38. The van der Waals surface area contributed by atoms with Gasteiger partial charge in [-0.05, 0) is 29.2 Å². The van der Waals surface area contributed by atoms with E-state index in [1.165, 1.54) is 6.08 Å². The molecule has 0 aromatic heterocycles. The van der Waals surface area contributed by atoms with E-state index in [1.807, 2.05) is 20.8 Å². The maximum Gasteiger partial charge on any atom is 0.328 e. The minimum atomic E-state index is -0.997. The molecule has 0 heterocycles. The van der Waals surface area contributed by atoms with Crippen LogP contribution in [0.4, 0.5) is 5.69 Å². The van der Waals surface area contributed by atoms with Crippen LogP contribution in [0, 0.1) is 5.41 Å². The zero-order valence-corrected chi connectivity index (χ0v) is 12.6. The Morgan fingerprint density at radius 1 is 1.29 bits per heavy atom. The van der Waals surface area contributed by atoms with Crippen molar-refractivity contribution in [1.29, 1.82) is 0 Å². The molecule has 0 saturated carbocycles. The molecule has 1 unspecified atom stereocenters. The molecule has 5 heteroatoms. The number of carboxylic acids is 1. The first kappa shape index (κ1) is 16.9. The number of carboxylic acid groups (broad SMARTS) is 1. The largest absolute Gasteiger partial charge is 0.478 e. The normalized spacial score (nSPS) is 13.1. The van der Waals surface area contributed by atoms with Gasteiger partial charge in [-0.15, -0.1) is 0 Å². The molecule has 4 N–H and O–H groups in total. The van der Waals surface area contributed by atoms with Crippen LogP contribution in [0.25, 0.3) is 6.08 Å². The van der Waals surface area contributed by atoms with Crippen molar-refractivity contribution in [2.45, 2.75) is 33.2 Å².